The van der Waals surface area contributed by atoms with Gasteiger partial charge in [-0.05, 0) is 87.7 Å². The van der Waals surface area contributed by atoms with Crippen molar-refractivity contribution in [2.45, 2.75) is 53.3 Å². The Balaban J connectivity index is 1.77. The largest absolute Gasteiger partial charge is 0.457 e. The van der Waals surface area contributed by atoms with Crippen LogP contribution in [0.1, 0.15) is 53.4 Å². The molecule has 3 rings (SSSR count). The van der Waals surface area contributed by atoms with Crippen molar-refractivity contribution in [3.05, 3.63) is 91.7 Å². The first kappa shape index (κ1) is 30.4. The fraction of sp³-hybridized carbons (Fsp3) is 0.333. The number of carbonyl (C=O) groups is 2. The first-order chi connectivity index (χ1) is 18.1. The molecule has 0 saturated carbocycles. The summed E-state index contributed by atoms with van der Waals surface area (Å²) in [4.78, 5) is 29.0. The summed E-state index contributed by atoms with van der Waals surface area (Å²) in [5.41, 5.74) is 3.50. The quantitative estimate of drug-likeness (QED) is 0.267. The number of hydrogen-bond donors (Lipinski definition) is 0. The lowest BCUT2D eigenvalue weighted by molar-refractivity contribution is 0.0284. The highest BCUT2D eigenvalue weighted by Crippen LogP contribution is 2.32. The van der Waals surface area contributed by atoms with Gasteiger partial charge in [0.2, 0.25) is 0 Å². The standard InChI is InChI=1S/C30H33BrClFN2O4/c1-18-12-21(13-19(2)24(18)17-35(7)29(37)39-30(3,4)5)28(36)34(6)16-20-8-9-22(31)14-27(20)38-23-10-11-26(33)25(32)15-23/h8-15H,16-17H2,1-7H3. The number of halogens is 3. The van der Waals surface area contributed by atoms with Gasteiger partial charge in [0.25, 0.3) is 5.91 Å². The van der Waals surface area contributed by atoms with E-state index in [9.17, 15) is 14.0 Å². The zero-order chi connectivity index (χ0) is 29.1. The number of amides is 2. The smallest absolute Gasteiger partial charge is 0.410 e. The molecule has 0 aliphatic heterocycles. The summed E-state index contributed by atoms with van der Waals surface area (Å²) in [6.07, 6.45) is -0.406. The van der Waals surface area contributed by atoms with Crippen molar-refractivity contribution in [1.82, 2.24) is 9.80 Å². The summed E-state index contributed by atoms with van der Waals surface area (Å²) in [5.74, 6) is 0.205. The molecule has 0 aliphatic carbocycles. The van der Waals surface area contributed by atoms with E-state index in [-0.39, 0.29) is 17.5 Å². The van der Waals surface area contributed by atoms with Gasteiger partial charge in [-0.2, -0.15) is 0 Å². The van der Waals surface area contributed by atoms with Crippen LogP contribution in [0, 0.1) is 19.7 Å². The van der Waals surface area contributed by atoms with Crippen molar-refractivity contribution in [2.24, 2.45) is 0 Å². The van der Waals surface area contributed by atoms with Gasteiger partial charge < -0.3 is 19.3 Å². The van der Waals surface area contributed by atoms with E-state index in [1.807, 2.05) is 58.9 Å². The van der Waals surface area contributed by atoms with Crippen molar-refractivity contribution in [2.75, 3.05) is 14.1 Å². The van der Waals surface area contributed by atoms with E-state index in [4.69, 9.17) is 21.1 Å². The Labute approximate surface area is 242 Å². The predicted molar refractivity (Wildman–Crippen MR) is 155 cm³/mol. The molecule has 3 aromatic rings. The Morgan fingerprint density at radius 2 is 1.59 bits per heavy atom. The molecule has 0 fully saturated rings. The van der Waals surface area contributed by atoms with Crippen LogP contribution in [0.5, 0.6) is 11.5 Å². The average molecular weight is 620 g/mol. The summed E-state index contributed by atoms with van der Waals surface area (Å²) in [6.45, 7) is 9.98. The van der Waals surface area contributed by atoms with Gasteiger partial charge in [0, 0.05) is 48.9 Å². The van der Waals surface area contributed by atoms with Gasteiger partial charge >= 0.3 is 6.09 Å². The number of nitrogens with zero attached hydrogens (tertiary/aromatic N) is 2. The maximum atomic E-state index is 13.6. The molecule has 0 atom stereocenters. The van der Waals surface area contributed by atoms with E-state index in [0.717, 1.165) is 26.7 Å². The first-order valence-corrected chi connectivity index (χ1v) is 13.5. The van der Waals surface area contributed by atoms with Crippen LogP contribution in [-0.4, -0.2) is 41.5 Å². The van der Waals surface area contributed by atoms with Gasteiger partial charge in [-0.25, -0.2) is 9.18 Å². The molecule has 0 N–H and O–H groups in total. The lowest BCUT2D eigenvalue weighted by Gasteiger charge is -2.26. The molecule has 0 unspecified atom stereocenters. The maximum Gasteiger partial charge on any atom is 0.410 e. The highest BCUT2D eigenvalue weighted by molar-refractivity contribution is 9.10. The number of ether oxygens (including phenoxy) is 2. The highest BCUT2D eigenvalue weighted by atomic mass is 79.9. The van der Waals surface area contributed by atoms with Crippen molar-refractivity contribution in [3.8, 4) is 11.5 Å². The van der Waals surface area contributed by atoms with Crippen LogP contribution in [-0.2, 0) is 17.8 Å². The Morgan fingerprint density at radius 1 is 0.949 bits per heavy atom. The molecular weight excluding hydrogens is 587 g/mol. The first-order valence-electron chi connectivity index (χ1n) is 12.4. The second-order valence-electron chi connectivity index (χ2n) is 10.5. The van der Waals surface area contributed by atoms with Crippen molar-refractivity contribution in [1.29, 1.82) is 0 Å². The minimum atomic E-state index is -0.581. The van der Waals surface area contributed by atoms with Gasteiger partial charge in [0.1, 0.15) is 22.9 Å². The Kier molecular flexibility index (Phi) is 9.67. The van der Waals surface area contributed by atoms with E-state index >= 15 is 0 Å². The van der Waals surface area contributed by atoms with Crippen molar-refractivity contribution < 1.29 is 23.5 Å². The van der Waals surface area contributed by atoms with Crippen molar-refractivity contribution >= 4 is 39.5 Å². The van der Waals surface area contributed by atoms with Gasteiger partial charge in [0.15, 0.2) is 0 Å². The van der Waals surface area contributed by atoms with E-state index in [1.165, 1.54) is 23.1 Å². The Bertz CT molecular complexity index is 1370. The normalized spacial score (nSPS) is 11.2. The lowest BCUT2D eigenvalue weighted by Crippen LogP contribution is -2.34. The van der Waals surface area contributed by atoms with E-state index in [0.29, 0.717) is 23.6 Å². The highest BCUT2D eigenvalue weighted by Gasteiger charge is 2.22. The average Bonchev–Trinajstić information content (AvgIpc) is 2.83. The van der Waals surface area contributed by atoms with Crippen LogP contribution in [0.2, 0.25) is 5.02 Å². The minimum absolute atomic E-state index is 0.0391. The molecule has 0 bridgehead atoms. The summed E-state index contributed by atoms with van der Waals surface area (Å²) < 4.78 is 25.8. The molecule has 9 heteroatoms. The molecule has 2 amide bonds. The zero-order valence-corrected chi connectivity index (χ0v) is 25.5. The van der Waals surface area contributed by atoms with Crippen LogP contribution in [0.25, 0.3) is 0 Å². The zero-order valence-electron chi connectivity index (χ0n) is 23.2. The summed E-state index contributed by atoms with van der Waals surface area (Å²) in [5, 5.41) is -0.0391. The molecular formula is C30H33BrClFN2O4. The molecule has 0 spiro atoms. The number of hydrogen-bond acceptors (Lipinski definition) is 4. The van der Waals surface area contributed by atoms with Crippen LogP contribution in [0.15, 0.2) is 53.0 Å². The molecule has 6 nitrogen and oxygen atoms in total. The van der Waals surface area contributed by atoms with Crippen molar-refractivity contribution in [3.63, 3.8) is 0 Å². The molecule has 39 heavy (non-hydrogen) atoms. The second-order valence-corrected chi connectivity index (χ2v) is 11.8. The lowest BCUT2D eigenvalue weighted by atomic mass is 9.98. The number of carbonyl (C=O) groups excluding carboxylic acids is 2. The van der Waals surface area contributed by atoms with Gasteiger partial charge in [-0.15, -0.1) is 0 Å². The second kappa shape index (κ2) is 12.4. The third-order valence-corrected chi connectivity index (χ3v) is 6.73. The third kappa shape index (κ3) is 8.19. The number of benzene rings is 3. The van der Waals surface area contributed by atoms with E-state index in [2.05, 4.69) is 15.9 Å². The van der Waals surface area contributed by atoms with E-state index < -0.39 is 17.5 Å². The van der Waals surface area contributed by atoms with Gasteiger partial charge in [-0.3, -0.25) is 4.79 Å². The van der Waals surface area contributed by atoms with Gasteiger partial charge in [-0.1, -0.05) is 33.6 Å². The molecule has 0 saturated heterocycles. The molecule has 208 valence electrons. The minimum Gasteiger partial charge on any atom is -0.457 e. The van der Waals surface area contributed by atoms with Crippen LogP contribution in [0.3, 0.4) is 0 Å². The van der Waals surface area contributed by atoms with Crippen LogP contribution in [0.4, 0.5) is 9.18 Å². The predicted octanol–water partition coefficient (Wildman–Crippen LogP) is 8.29. The Hall–Kier alpha value is -3.10. The molecule has 0 aliphatic rings. The topological polar surface area (TPSA) is 59.1 Å². The summed E-state index contributed by atoms with van der Waals surface area (Å²) in [7, 11) is 3.41. The maximum absolute atomic E-state index is 13.6. The van der Waals surface area contributed by atoms with E-state index in [1.54, 1.807) is 25.1 Å². The molecule has 3 aromatic carbocycles. The fourth-order valence-corrected chi connectivity index (χ4v) is 4.49. The number of aryl methyl sites for hydroxylation is 2. The summed E-state index contributed by atoms with van der Waals surface area (Å²) >= 11 is 9.36. The monoisotopic (exact) mass is 618 g/mol. The molecule has 0 radical (unpaired) electrons. The van der Waals surface area contributed by atoms with Gasteiger partial charge in [0.05, 0.1) is 5.02 Å². The molecule has 0 aromatic heterocycles. The number of rotatable bonds is 7. The van der Waals surface area contributed by atoms with Crippen LogP contribution < -0.4 is 4.74 Å². The molecule has 0 heterocycles. The fourth-order valence-electron chi connectivity index (χ4n) is 3.98. The Morgan fingerprint density at radius 3 is 2.18 bits per heavy atom. The third-order valence-electron chi connectivity index (χ3n) is 5.95. The van der Waals surface area contributed by atoms with Crippen LogP contribution >= 0.6 is 27.5 Å². The SMILES string of the molecule is Cc1cc(C(=O)N(C)Cc2ccc(Br)cc2Oc2ccc(F)c(Cl)c2)cc(C)c1CN(C)C(=O)OC(C)(C)C. The summed E-state index contributed by atoms with van der Waals surface area (Å²) in [6, 6.07) is 13.3.